The summed E-state index contributed by atoms with van der Waals surface area (Å²) >= 11 is 0.878. The molecule has 1 atom stereocenters. The van der Waals surface area contributed by atoms with Crippen LogP contribution in [0.25, 0.3) is 6.08 Å². The smallest absolute Gasteiger partial charge is 0.290 e. The fourth-order valence-corrected chi connectivity index (χ4v) is 4.95. The maximum Gasteiger partial charge on any atom is 0.290 e. The number of hydrogen-bond acceptors (Lipinski definition) is 7. The molecule has 2 heterocycles. The Kier molecular flexibility index (Phi) is 7.40. The molecule has 2 amide bonds. The first kappa shape index (κ1) is 24.7. The topological polar surface area (TPSA) is 83.1 Å². The van der Waals surface area contributed by atoms with Crippen LogP contribution in [0.1, 0.15) is 34.2 Å². The van der Waals surface area contributed by atoms with Crippen molar-refractivity contribution in [1.82, 2.24) is 5.32 Å². The average molecular weight is 496 g/mol. The highest BCUT2D eigenvalue weighted by Crippen LogP contribution is 2.41. The molecule has 35 heavy (non-hydrogen) atoms. The van der Waals surface area contributed by atoms with Gasteiger partial charge in [0.15, 0.2) is 11.5 Å². The Morgan fingerprint density at radius 3 is 2.63 bits per heavy atom. The summed E-state index contributed by atoms with van der Waals surface area (Å²) in [4.78, 5) is 23.5. The Bertz CT molecular complexity index is 1220. The van der Waals surface area contributed by atoms with Gasteiger partial charge in [-0.15, -0.1) is 0 Å². The first-order valence-corrected chi connectivity index (χ1v) is 12.2. The van der Waals surface area contributed by atoms with Gasteiger partial charge in [0.2, 0.25) is 0 Å². The number of ether oxygens (including phenoxy) is 4. The number of thioether (sulfide) groups is 1. The average Bonchev–Trinajstić information content (AvgIpc) is 3.17. The van der Waals surface area contributed by atoms with Crippen molar-refractivity contribution < 1.29 is 28.5 Å². The molecule has 0 saturated carbocycles. The molecule has 2 aromatic carbocycles. The summed E-state index contributed by atoms with van der Waals surface area (Å²) in [5.74, 6) is 2.56. The molecule has 0 radical (unpaired) electrons. The number of amides is 2. The minimum absolute atomic E-state index is 0.101. The van der Waals surface area contributed by atoms with Crippen molar-refractivity contribution in [2.45, 2.75) is 39.7 Å². The molecule has 0 aromatic heterocycles. The molecule has 2 aliphatic heterocycles. The molecule has 1 N–H and O–H groups in total. The Labute approximate surface area is 209 Å². The van der Waals surface area contributed by atoms with Crippen LogP contribution >= 0.6 is 11.8 Å². The highest BCUT2D eigenvalue weighted by atomic mass is 32.2. The van der Waals surface area contributed by atoms with Crippen molar-refractivity contribution in [1.29, 1.82) is 0 Å². The van der Waals surface area contributed by atoms with Crippen LogP contribution in [0.4, 0.5) is 4.79 Å². The van der Waals surface area contributed by atoms with E-state index in [0.29, 0.717) is 29.6 Å². The number of imide groups is 1. The lowest BCUT2D eigenvalue weighted by Crippen LogP contribution is -2.30. The quantitative estimate of drug-likeness (QED) is 0.394. The molecule has 1 saturated heterocycles. The summed E-state index contributed by atoms with van der Waals surface area (Å²) < 4.78 is 23.9. The van der Waals surface area contributed by atoms with Crippen molar-refractivity contribution in [2.24, 2.45) is 0 Å². The first-order valence-electron chi connectivity index (χ1n) is 11.4. The molecule has 8 heteroatoms. The van der Waals surface area contributed by atoms with Gasteiger partial charge < -0.3 is 18.9 Å². The highest BCUT2D eigenvalue weighted by molar-refractivity contribution is 8.18. The zero-order chi connectivity index (χ0) is 25.1. The number of hydrogen-bond donors (Lipinski definition) is 1. The second-order valence-electron chi connectivity index (χ2n) is 8.46. The number of methoxy groups -OCH3 is 1. The molecule has 2 aliphatic rings. The highest BCUT2D eigenvalue weighted by Gasteiger charge is 2.28. The Morgan fingerprint density at radius 2 is 1.94 bits per heavy atom. The third-order valence-electron chi connectivity index (χ3n) is 6.21. The number of carbonyl (C=O) groups is 2. The van der Waals surface area contributed by atoms with E-state index in [-0.39, 0.29) is 11.3 Å². The molecule has 0 aliphatic carbocycles. The second kappa shape index (κ2) is 10.5. The van der Waals surface area contributed by atoms with Crippen LogP contribution in [0.5, 0.6) is 23.0 Å². The standard InChI is InChI=1S/C27H29NO6S/c1-6-11-32-24-15(2)16(3)25-20(17(24)4)9-8-19(34-25)14-33-21-10-7-18(12-22(21)31-5)13-23-26(29)28-27(30)35-23/h6-7,10,12-13,19H,1,8-9,11,14H2,2-5H3,(H,28,29,30)/b23-13-/t19-/m0/s1. The number of fused-ring (bicyclic) bond motifs is 1. The van der Waals surface area contributed by atoms with E-state index in [1.165, 1.54) is 5.56 Å². The predicted molar refractivity (Wildman–Crippen MR) is 137 cm³/mol. The molecule has 0 bridgehead atoms. The van der Waals surface area contributed by atoms with E-state index in [9.17, 15) is 9.59 Å². The molecule has 184 valence electrons. The molecule has 0 spiro atoms. The van der Waals surface area contributed by atoms with E-state index in [1.807, 2.05) is 6.07 Å². The number of rotatable bonds is 8. The van der Waals surface area contributed by atoms with Gasteiger partial charge in [-0.1, -0.05) is 18.7 Å². The van der Waals surface area contributed by atoms with E-state index >= 15 is 0 Å². The van der Waals surface area contributed by atoms with Gasteiger partial charge in [0.05, 0.1) is 12.0 Å². The molecule has 4 rings (SSSR count). The third-order valence-corrected chi connectivity index (χ3v) is 7.02. The van der Waals surface area contributed by atoms with Crippen molar-refractivity contribution in [3.05, 3.63) is 63.6 Å². The lowest BCUT2D eigenvalue weighted by Gasteiger charge is -2.30. The fourth-order valence-electron chi connectivity index (χ4n) is 4.27. The zero-order valence-corrected chi connectivity index (χ0v) is 21.2. The van der Waals surface area contributed by atoms with Crippen LogP contribution < -0.4 is 24.3 Å². The SMILES string of the molecule is C=CCOc1c(C)c(C)c2c(c1C)CC[C@@H](COc1ccc(/C=C3\SC(=O)NC3=O)cc1OC)O2. The lowest BCUT2D eigenvalue weighted by molar-refractivity contribution is -0.115. The maximum absolute atomic E-state index is 11.8. The summed E-state index contributed by atoms with van der Waals surface area (Å²) in [6.07, 6.45) is 5.00. The van der Waals surface area contributed by atoms with Crippen LogP contribution in [-0.2, 0) is 11.2 Å². The molecule has 7 nitrogen and oxygen atoms in total. The number of carbonyl (C=O) groups excluding carboxylic acids is 2. The predicted octanol–water partition coefficient (Wildman–Crippen LogP) is 5.28. The van der Waals surface area contributed by atoms with Gasteiger partial charge in [-0.3, -0.25) is 14.9 Å². The Morgan fingerprint density at radius 1 is 1.14 bits per heavy atom. The van der Waals surface area contributed by atoms with Crippen LogP contribution in [0.2, 0.25) is 0 Å². The molecule has 1 fully saturated rings. The largest absolute Gasteiger partial charge is 0.493 e. The van der Waals surface area contributed by atoms with E-state index in [0.717, 1.165) is 58.4 Å². The van der Waals surface area contributed by atoms with Gasteiger partial charge >= 0.3 is 0 Å². The van der Waals surface area contributed by atoms with Crippen molar-refractivity contribution >= 4 is 29.0 Å². The van der Waals surface area contributed by atoms with Gasteiger partial charge in [-0.25, -0.2) is 0 Å². The van der Waals surface area contributed by atoms with Crippen LogP contribution in [0.3, 0.4) is 0 Å². The summed E-state index contributed by atoms with van der Waals surface area (Å²) in [6.45, 7) is 10.8. The summed E-state index contributed by atoms with van der Waals surface area (Å²) in [7, 11) is 1.56. The van der Waals surface area contributed by atoms with Crippen LogP contribution in [0, 0.1) is 20.8 Å². The van der Waals surface area contributed by atoms with Gasteiger partial charge in [0.1, 0.15) is 30.8 Å². The number of benzene rings is 2. The third kappa shape index (κ3) is 5.17. The van der Waals surface area contributed by atoms with Crippen LogP contribution in [0.15, 0.2) is 35.8 Å². The molecular weight excluding hydrogens is 466 g/mol. The summed E-state index contributed by atoms with van der Waals surface area (Å²) in [5.41, 5.74) is 5.20. The van der Waals surface area contributed by atoms with Gasteiger partial charge in [0.25, 0.3) is 11.1 Å². The van der Waals surface area contributed by atoms with E-state index < -0.39 is 5.91 Å². The fraction of sp³-hybridized carbons (Fsp3) is 0.333. The van der Waals surface area contributed by atoms with Crippen molar-refractivity contribution in [3.63, 3.8) is 0 Å². The normalized spacial score (nSPS) is 18.1. The summed E-state index contributed by atoms with van der Waals surface area (Å²) in [5, 5.41) is 1.88. The minimum atomic E-state index is -0.394. The van der Waals surface area contributed by atoms with Crippen LogP contribution in [-0.4, -0.2) is 37.6 Å². The number of nitrogens with one attached hydrogen (secondary N) is 1. The first-order chi connectivity index (χ1) is 16.8. The van der Waals surface area contributed by atoms with E-state index in [4.69, 9.17) is 18.9 Å². The molecule has 2 aromatic rings. The van der Waals surface area contributed by atoms with Gasteiger partial charge in [0, 0.05) is 5.56 Å². The van der Waals surface area contributed by atoms with Crippen molar-refractivity contribution in [3.8, 4) is 23.0 Å². The van der Waals surface area contributed by atoms with E-state index in [2.05, 4.69) is 32.7 Å². The van der Waals surface area contributed by atoms with Crippen molar-refractivity contribution in [2.75, 3.05) is 20.3 Å². The minimum Gasteiger partial charge on any atom is -0.493 e. The molecule has 0 unspecified atom stereocenters. The van der Waals surface area contributed by atoms with Gasteiger partial charge in [-0.05, 0) is 85.8 Å². The molecular formula is C27H29NO6S. The second-order valence-corrected chi connectivity index (χ2v) is 9.48. The van der Waals surface area contributed by atoms with E-state index in [1.54, 1.807) is 31.4 Å². The Balaban J connectivity index is 1.47. The zero-order valence-electron chi connectivity index (χ0n) is 20.4. The monoisotopic (exact) mass is 495 g/mol. The lowest BCUT2D eigenvalue weighted by atomic mass is 9.91. The maximum atomic E-state index is 11.8. The summed E-state index contributed by atoms with van der Waals surface area (Å²) in [6, 6.07) is 5.39. The Hall–Kier alpha value is -3.39. The van der Waals surface area contributed by atoms with Gasteiger partial charge in [-0.2, -0.15) is 0 Å².